The summed E-state index contributed by atoms with van der Waals surface area (Å²) < 4.78 is 11.2. The minimum atomic E-state index is -0.129. The van der Waals surface area contributed by atoms with Crippen LogP contribution in [0.1, 0.15) is 49.1 Å². The maximum atomic E-state index is 13.5. The molecule has 2 aliphatic rings. The summed E-state index contributed by atoms with van der Waals surface area (Å²) in [6.07, 6.45) is 2.31. The van der Waals surface area contributed by atoms with Crippen LogP contribution in [0.4, 0.5) is 0 Å². The number of carbonyl (C=O) groups is 2. The summed E-state index contributed by atoms with van der Waals surface area (Å²) in [5, 5.41) is 0. The van der Waals surface area contributed by atoms with E-state index in [0.717, 1.165) is 30.8 Å². The van der Waals surface area contributed by atoms with E-state index in [9.17, 15) is 9.59 Å². The highest BCUT2D eigenvalue weighted by atomic mass is 16.3. The highest BCUT2D eigenvalue weighted by Crippen LogP contribution is 2.30. The Kier molecular flexibility index (Phi) is 5.81. The average Bonchev–Trinajstić information content (AvgIpc) is 3.47. The second-order valence-corrected chi connectivity index (χ2v) is 8.94. The molecule has 172 valence electrons. The van der Waals surface area contributed by atoms with Crippen LogP contribution in [0.15, 0.2) is 51.5 Å². The molecule has 0 atom stereocenters. The van der Waals surface area contributed by atoms with Gasteiger partial charge in [0, 0.05) is 57.8 Å². The predicted molar refractivity (Wildman–Crippen MR) is 123 cm³/mol. The first-order chi connectivity index (χ1) is 16.0. The minimum Gasteiger partial charge on any atom is -0.465 e. The van der Waals surface area contributed by atoms with E-state index in [0.29, 0.717) is 49.8 Å². The first kappa shape index (κ1) is 21.5. The SMILES string of the molecule is Cc1ccc(CN2CCc3oc(C)c(C(=O)N4CCN(C(=O)c5ccco5)CC4)c3C2)cc1. The Bertz CT molecular complexity index is 1140. The molecule has 2 aliphatic heterocycles. The number of carbonyl (C=O) groups excluding carboxylic acids is 2. The van der Waals surface area contributed by atoms with Gasteiger partial charge in [0.05, 0.1) is 11.8 Å². The smallest absolute Gasteiger partial charge is 0.289 e. The topological polar surface area (TPSA) is 70.1 Å². The van der Waals surface area contributed by atoms with E-state index in [1.165, 1.54) is 17.4 Å². The summed E-state index contributed by atoms with van der Waals surface area (Å²) in [4.78, 5) is 32.0. The monoisotopic (exact) mass is 447 g/mol. The standard InChI is InChI=1S/C26H29N3O4/c1-18-5-7-20(8-6-18)16-27-10-9-22-21(17-27)24(19(2)33-22)26(31)29-13-11-28(12-14-29)25(30)23-4-3-15-32-23/h3-8,15H,9-14,16-17H2,1-2H3. The number of nitrogens with zero attached hydrogens (tertiary/aromatic N) is 3. The fourth-order valence-corrected chi connectivity index (χ4v) is 4.77. The van der Waals surface area contributed by atoms with Crippen molar-refractivity contribution < 1.29 is 18.4 Å². The molecule has 0 bridgehead atoms. The van der Waals surface area contributed by atoms with Gasteiger partial charge in [-0.1, -0.05) is 29.8 Å². The predicted octanol–water partition coefficient (Wildman–Crippen LogP) is 3.65. The molecule has 2 amide bonds. The molecule has 1 saturated heterocycles. The van der Waals surface area contributed by atoms with Gasteiger partial charge in [-0.25, -0.2) is 0 Å². The molecule has 3 aromatic rings. The third kappa shape index (κ3) is 4.33. The lowest BCUT2D eigenvalue weighted by atomic mass is 10.0. The van der Waals surface area contributed by atoms with Crippen LogP contribution in [0.2, 0.25) is 0 Å². The molecule has 7 heteroatoms. The molecule has 0 aliphatic carbocycles. The van der Waals surface area contributed by atoms with E-state index in [1.807, 2.05) is 11.8 Å². The first-order valence-corrected chi connectivity index (χ1v) is 11.5. The van der Waals surface area contributed by atoms with E-state index in [1.54, 1.807) is 17.0 Å². The maximum Gasteiger partial charge on any atom is 0.289 e. The summed E-state index contributed by atoms with van der Waals surface area (Å²) in [6.45, 7) is 8.42. The Balaban J connectivity index is 1.27. The Labute approximate surface area is 193 Å². The second-order valence-electron chi connectivity index (χ2n) is 8.94. The normalized spacial score (nSPS) is 16.7. The first-order valence-electron chi connectivity index (χ1n) is 11.5. The van der Waals surface area contributed by atoms with Crippen LogP contribution in [-0.4, -0.2) is 59.2 Å². The Morgan fingerprint density at radius 2 is 1.61 bits per heavy atom. The van der Waals surface area contributed by atoms with Gasteiger partial charge in [0.25, 0.3) is 11.8 Å². The zero-order valence-electron chi connectivity index (χ0n) is 19.2. The number of hydrogen-bond acceptors (Lipinski definition) is 5. The number of amides is 2. The van der Waals surface area contributed by atoms with Crippen molar-refractivity contribution in [3.05, 3.63) is 82.2 Å². The Morgan fingerprint density at radius 1 is 0.909 bits per heavy atom. The number of rotatable bonds is 4. The lowest BCUT2D eigenvalue weighted by Gasteiger charge is -2.34. The van der Waals surface area contributed by atoms with Gasteiger partial charge in [-0.2, -0.15) is 0 Å². The fourth-order valence-electron chi connectivity index (χ4n) is 4.77. The zero-order chi connectivity index (χ0) is 22.9. The Hall–Kier alpha value is -3.32. The molecule has 33 heavy (non-hydrogen) atoms. The number of hydrogen-bond donors (Lipinski definition) is 0. The molecule has 1 fully saturated rings. The third-order valence-corrected chi connectivity index (χ3v) is 6.63. The van der Waals surface area contributed by atoms with Gasteiger partial charge in [-0.3, -0.25) is 14.5 Å². The molecule has 0 unspecified atom stereocenters. The van der Waals surface area contributed by atoms with Gasteiger partial charge in [-0.05, 0) is 31.5 Å². The van der Waals surface area contributed by atoms with E-state index >= 15 is 0 Å². The summed E-state index contributed by atoms with van der Waals surface area (Å²) in [6, 6.07) is 12.0. The lowest BCUT2D eigenvalue weighted by Crippen LogP contribution is -2.50. The molecule has 0 N–H and O–H groups in total. The number of piperazine rings is 1. The van der Waals surface area contributed by atoms with Crippen molar-refractivity contribution in [2.45, 2.75) is 33.4 Å². The summed E-state index contributed by atoms with van der Waals surface area (Å²) >= 11 is 0. The van der Waals surface area contributed by atoms with Crippen LogP contribution in [0.25, 0.3) is 0 Å². The van der Waals surface area contributed by atoms with E-state index in [2.05, 4.69) is 36.1 Å². The highest BCUT2D eigenvalue weighted by molar-refractivity contribution is 5.97. The maximum absolute atomic E-state index is 13.5. The Morgan fingerprint density at radius 3 is 2.27 bits per heavy atom. The molecular formula is C26H29N3O4. The summed E-state index contributed by atoms with van der Waals surface area (Å²) in [5.74, 6) is 1.83. The molecule has 0 spiro atoms. The van der Waals surface area contributed by atoms with Gasteiger partial charge in [0.15, 0.2) is 5.76 Å². The van der Waals surface area contributed by atoms with Crippen LogP contribution in [0, 0.1) is 13.8 Å². The number of fused-ring (bicyclic) bond motifs is 1. The van der Waals surface area contributed by atoms with Gasteiger partial charge in [0.1, 0.15) is 11.5 Å². The fraction of sp³-hybridized carbons (Fsp3) is 0.385. The quantitative estimate of drug-likeness (QED) is 0.611. The molecular weight excluding hydrogens is 418 g/mol. The van der Waals surface area contributed by atoms with E-state index in [4.69, 9.17) is 8.83 Å². The van der Waals surface area contributed by atoms with Crippen LogP contribution < -0.4 is 0 Å². The number of furan rings is 2. The largest absolute Gasteiger partial charge is 0.465 e. The summed E-state index contributed by atoms with van der Waals surface area (Å²) in [5.41, 5.74) is 4.24. The van der Waals surface area contributed by atoms with Crippen molar-refractivity contribution in [1.29, 1.82) is 0 Å². The van der Waals surface area contributed by atoms with Crippen LogP contribution in [0.5, 0.6) is 0 Å². The van der Waals surface area contributed by atoms with Crippen molar-refractivity contribution in [2.75, 3.05) is 32.7 Å². The average molecular weight is 448 g/mol. The van der Waals surface area contributed by atoms with E-state index in [-0.39, 0.29) is 11.8 Å². The second kappa shape index (κ2) is 8.90. The number of benzene rings is 1. The van der Waals surface area contributed by atoms with Gasteiger partial charge >= 0.3 is 0 Å². The van der Waals surface area contributed by atoms with Crippen LogP contribution >= 0.6 is 0 Å². The summed E-state index contributed by atoms with van der Waals surface area (Å²) in [7, 11) is 0. The zero-order valence-corrected chi connectivity index (χ0v) is 19.2. The molecule has 2 aromatic heterocycles. The molecule has 1 aromatic carbocycles. The number of aryl methyl sites for hydroxylation is 2. The van der Waals surface area contributed by atoms with Gasteiger partial charge in [-0.15, -0.1) is 0 Å². The highest BCUT2D eigenvalue weighted by Gasteiger charge is 2.33. The van der Waals surface area contributed by atoms with Crippen LogP contribution in [0.3, 0.4) is 0 Å². The van der Waals surface area contributed by atoms with Crippen LogP contribution in [-0.2, 0) is 19.5 Å². The van der Waals surface area contributed by atoms with Crippen molar-refractivity contribution in [3.63, 3.8) is 0 Å². The van der Waals surface area contributed by atoms with Crippen molar-refractivity contribution in [2.24, 2.45) is 0 Å². The molecule has 0 radical (unpaired) electrons. The molecule has 7 nitrogen and oxygen atoms in total. The lowest BCUT2D eigenvalue weighted by molar-refractivity contribution is 0.0516. The minimum absolute atomic E-state index is 0.000200. The van der Waals surface area contributed by atoms with Crippen molar-refractivity contribution in [1.82, 2.24) is 14.7 Å². The molecule has 0 saturated carbocycles. The third-order valence-electron chi connectivity index (χ3n) is 6.63. The van der Waals surface area contributed by atoms with Crippen molar-refractivity contribution >= 4 is 11.8 Å². The van der Waals surface area contributed by atoms with Gasteiger partial charge in [0.2, 0.25) is 0 Å². The molecule has 5 rings (SSSR count). The van der Waals surface area contributed by atoms with E-state index < -0.39 is 0 Å². The molecule has 4 heterocycles. The van der Waals surface area contributed by atoms with Crippen molar-refractivity contribution in [3.8, 4) is 0 Å². The van der Waals surface area contributed by atoms with Gasteiger partial charge < -0.3 is 18.6 Å².